The van der Waals surface area contributed by atoms with Crippen LogP contribution in [0.2, 0.25) is 0 Å². The van der Waals surface area contributed by atoms with Gasteiger partial charge in [-0.25, -0.2) is 4.99 Å². The highest BCUT2D eigenvalue weighted by Crippen LogP contribution is 2.38. The van der Waals surface area contributed by atoms with Crippen LogP contribution in [0.25, 0.3) is 0 Å². The van der Waals surface area contributed by atoms with E-state index in [4.69, 9.17) is 9.47 Å². The van der Waals surface area contributed by atoms with Crippen molar-refractivity contribution in [2.75, 3.05) is 13.3 Å². The van der Waals surface area contributed by atoms with Crippen LogP contribution in [0.3, 0.4) is 0 Å². The minimum absolute atomic E-state index is 0.0149. The van der Waals surface area contributed by atoms with Crippen molar-refractivity contribution in [1.29, 1.82) is 0 Å². The van der Waals surface area contributed by atoms with Gasteiger partial charge in [-0.1, -0.05) is 12.1 Å². The first-order valence-electron chi connectivity index (χ1n) is 8.72. The Morgan fingerprint density at radius 1 is 1.18 bits per heavy atom. The number of nitrogens with one attached hydrogen (secondary N) is 2. The van der Waals surface area contributed by atoms with Gasteiger partial charge in [0.1, 0.15) is 11.5 Å². The lowest BCUT2D eigenvalue weighted by Crippen LogP contribution is -2.36. The molecule has 3 N–H and O–H groups in total. The number of rotatable bonds is 7. The summed E-state index contributed by atoms with van der Waals surface area (Å²) in [5.41, 5.74) is 1.40. The summed E-state index contributed by atoms with van der Waals surface area (Å²) in [6.45, 7) is 0.219. The number of aliphatic imine (C=N–C) groups is 1. The van der Waals surface area contributed by atoms with E-state index in [-0.39, 0.29) is 24.8 Å². The van der Waals surface area contributed by atoms with Gasteiger partial charge in [-0.3, -0.25) is 0 Å². The molecule has 0 spiro atoms. The van der Waals surface area contributed by atoms with Crippen LogP contribution in [0.5, 0.6) is 23.0 Å². The predicted molar refractivity (Wildman–Crippen MR) is 99.0 cm³/mol. The number of halogens is 2. The van der Waals surface area contributed by atoms with E-state index in [1.807, 2.05) is 6.92 Å². The number of aromatic hydroxyl groups is 1. The molecule has 0 bridgehead atoms. The average Bonchev–Trinajstić information content (AvgIpc) is 3.12. The van der Waals surface area contributed by atoms with E-state index in [0.717, 1.165) is 5.56 Å². The van der Waals surface area contributed by atoms with Crippen molar-refractivity contribution in [3.05, 3.63) is 47.5 Å². The largest absolute Gasteiger partial charge is 0.508 e. The molecule has 9 heteroatoms. The lowest BCUT2D eigenvalue weighted by Gasteiger charge is -2.15. The molecule has 3 rings (SSSR count). The Kier molecular flexibility index (Phi) is 6.36. The standard InChI is InChI=1S/C19H21F2N3O4/c1-2-22-19(23-9-12-3-5-14(25)6-4-12)24-10-13-7-16-17(27-11-26-16)8-15(13)28-18(20)21/h3-8,18,25H,2,9-11H2,1H3,(H2,22,23,24). The number of hydrogen-bond donors (Lipinski definition) is 3. The van der Waals surface area contributed by atoms with E-state index in [1.54, 1.807) is 30.3 Å². The molecular weight excluding hydrogens is 372 g/mol. The highest BCUT2D eigenvalue weighted by molar-refractivity contribution is 5.79. The quantitative estimate of drug-likeness (QED) is 0.496. The van der Waals surface area contributed by atoms with Gasteiger partial charge in [-0.15, -0.1) is 0 Å². The Balaban J connectivity index is 1.72. The highest BCUT2D eigenvalue weighted by Gasteiger charge is 2.20. The number of alkyl halides is 2. The number of hydrogen-bond acceptors (Lipinski definition) is 5. The van der Waals surface area contributed by atoms with E-state index in [1.165, 1.54) is 6.07 Å². The molecule has 0 unspecified atom stereocenters. The topological polar surface area (TPSA) is 84.3 Å². The summed E-state index contributed by atoms with van der Waals surface area (Å²) in [6, 6.07) is 9.73. The monoisotopic (exact) mass is 393 g/mol. The van der Waals surface area contributed by atoms with E-state index in [2.05, 4.69) is 20.4 Å². The van der Waals surface area contributed by atoms with Crippen molar-refractivity contribution in [2.24, 2.45) is 4.99 Å². The van der Waals surface area contributed by atoms with Crippen LogP contribution in [0.4, 0.5) is 8.78 Å². The predicted octanol–water partition coefficient (Wildman–Crippen LogP) is 2.98. The number of benzene rings is 2. The van der Waals surface area contributed by atoms with Crippen LogP contribution in [-0.2, 0) is 13.1 Å². The van der Waals surface area contributed by atoms with Crippen molar-refractivity contribution >= 4 is 5.96 Å². The fourth-order valence-electron chi connectivity index (χ4n) is 2.60. The summed E-state index contributed by atoms with van der Waals surface area (Å²) in [6.07, 6.45) is 0. The summed E-state index contributed by atoms with van der Waals surface area (Å²) in [7, 11) is 0. The van der Waals surface area contributed by atoms with Gasteiger partial charge in [0.25, 0.3) is 0 Å². The zero-order chi connectivity index (χ0) is 19.9. The molecule has 0 aliphatic carbocycles. The molecule has 0 radical (unpaired) electrons. The number of nitrogens with zero attached hydrogens (tertiary/aromatic N) is 1. The molecule has 1 aliphatic heterocycles. The maximum atomic E-state index is 12.7. The second-order valence-corrected chi connectivity index (χ2v) is 5.91. The second kappa shape index (κ2) is 9.12. The van der Waals surface area contributed by atoms with E-state index in [9.17, 15) is 13.9 Å². The number of guanidine groups is 1. The van der Waals surface area contributed by atoms with E-state index in [0.29, 0.717) is 36.1 Å². The zero-order valence-corrected chi connectivity index (χ0v) is 15.2. The van der Waals surface area contributed by atoms with Crippen molar-refractivity contribution in [2.45, 2.75) is 26.6 Å². The van der Waals surface area contributed by atoms with Gasteiger partial charge in [-0.2, -0.15) is 8.78 Å². The number of ether oxygens (including phenoxy) is 3. The Labute approximate surface area is 160 Å². The normalized spacial score (nSPS) is 12.9. The van der Waals surface area contributed by atoms with Gasteiger partial charge in [-0.05, 0) is 30.7 Å². The van der Waals surface area contributed by atoms with Crippen LogP contribution in [-0.4, -0.2) is 31.0 Å². The first-order valence-corrected chi connectivity index (χ1v) is 8.72. The van der Waals surface area contributed by atoms with Gasteiger partial charge in [0.05, 0.1) is 6.54 Å². The van der Waals surface area contributed by atoms with Gasteiger partial charge in [0, 0.05) is 24.7 Å². The highest BCUT2D eigenvalue weighted by atomic mass is 19.3. The molecule has 0 atom stereocenters. The molecule has 0 saturated heterocycles. The number of phenolic OH excluding ortho intramolecular Hbond substituents is 1. The van der Waals surface area contributed by atoms with Gasteiger partial charge < -0.3 is 30.0 Å². The van der Waals surface area contributed by atoms with Crippen LogP contribution in [0.15, 0.2) is 41.4 Å². The van der Waals surface area contributed by atoms with Crippen LogP contribution < -0.4 is 24.8 Å². The summed E-state index contributed by atoms with van der Waals surface area (Å²) < 4.78 is 40.6. The fourth-order valence-corrected chi connectivity index (χ4v) is 2.60. The molecule has 0 aromatic heterocycles. The molecule has 0 saturated carbocycles. The molecule has 150 valence electrons. The number of phenols is 1. The van der Waals surface area contributed by atoms with E-state index < -0.39 is 6.61 Å². The molecule has 0 fully saturated rings. The maximum absolute atomic E-state index is 12.7. The van der Waals surface area contributed by atoms with Gasteiger partial charge >= 0.3 is 6.61 Å². The molecule has 1 heterocycles. The van der Waals surface area contributed by atoms with Crippen LogP contribution >= 0.6 is 0 Å². The summed E-state index contributed by atoms with van der Waals surface area (Å²) in [4.78, 5) is 4.46. The molecule has 0 amide bonds. The zero-order valence-electron chi connectivity index (χ0n) is 15.2. The van der Waals surface area contributed by atoms with Crippen molar-refractivity contribution < 1.29 is 28.1 Å². The van der Waals surface area contributed by atoms with Gasteiger partial charge in [0.15, 0.2) is 17.5 Å². The van der Waals surface area contributed by atoms with Crippen LogP contribution in [0, 0.1) is 0 Å². The molecular formula is C19H21F2N3O4. The first-order chi connectivity index (χ1) is 13.5. The Morgan fingerprint density at radius 3 is 2.57 bits per heavy atom. The molecule has 1 aliphatic rings. The van der Waals surface area contributed by atoms with Crippen molar-refractivity contribution in [3.63, 3.8) is 0 Å². The lowest BCUT2D eigenvalue weighted by molar-refractivity contribution is -0.0505. The fraction of sp³-hybridized carbons (Fsp3) is 0.316. The minimum Gasteiger partial charge on any atom is -0.508 e. The summed E-state index contributed by atoms with van der Waals surface area (Å²) in [5.74, 6) is 1.56. The summed E-state index contributed by atoms with van der Waals surface area (Å²) >= 11 is 0. The second-order valence-electron chi connectivity index (χ2n) is 5.91. The third-order valence-electron chi connectivity index (χ3n) is 3.92. The SMILES string of the molecule is CCNC(=NCc1ccc(O)cc1)NCc1cc2c(cc1OC(F)F)OCO2. The van der Waals surface area contributed by atoms with Crippen LogP contribution in [0.1, 0.15) is 18.1 Å². The average molecular weight is 393 g/mol. The smallest absolute Gasteiger partial charge is 0.387 e. The Bertz CT molecular complexity index is 829. The molecule has 28 heavy (non-hydrogen) atoms. The first kappa shape index (κ1) is 19.5. The van der Waals surface area contributed by atoms with Gasteiger partial charge in [0.2, 0.25) is 6.79 Å². The van der Waals surface area contributed by atoms with Crippen molar-refractivity contribution in [1.82, 2.24) is 10.6 Å². The summed E-state index contributed by atoms with van der Waals surface area (Å²) in [5, 5.41) is 15.5. The van der Waals surface area contributed by atoms with Crippen molar-refractivity contribution in [3.8, 4) is 23.0 Å². The third kappa shape index (κ3) is 5.15. The molecule has 7 nitrogen and oxygen atoms in total. The maximum Gasteiger partial charge on any atom is 0.387 e. The Hall–Kier alpha value is -3.23. The Morgan fingerprint density at radius 2 is 1.89 bits per heavy atom. The molecule has 2 aromatic carbocycles. The number of fused-ring (bicyclic) bond motifs is 1. The lowest BCUT2D eigenvalue weighted by atomic mass is 10.1. The molecule has 2 aromatic rings. The van der Waals surface area contributed by atoms with E-state index >= 15 is 0 Å². The minimum atomic E-state index is -2.95. The third-order valence-corrected chi connectivity index (χ3v) is 3.92.